The van der Waals surface area contributed by atoms with E-state index in [1.54, 1.807) is 12.1 Å². The molecule has 0 aliphatic rings. The number of benzene rings is 1. The number of carbonyl (C=O) groups is 1. The molecule has 0 amide bonds. The molecule has 0 aliphatic carbocycles. The minimum atomic E-state index is 0.362. The SMILES string of the molecule is Nc1noc2ccc(C=CC=O)cc12. The van der Waals surface area contributed by atoms with Gasteiger partial charge >= 0.3 is 0 Å². The molecule has 0 spiro atoms. The summed E-state index contributed by atoms with van der Waals surface area (Å²) in [7, 11) is 0. The highest BCUT2D eigenvalue weighted by Gasteiger charge is 2.03. The predicted octanol–water partition coefficient (Wildman–Crippen LogP) is 1.62. The maximum Gasteiger partial charge on any atom is 0.174 e. The number of hydrogen-bond donors (Lipinski definition) is 1. The van der Waals surface area contributed by atoms with Crippen LogP contribution in [0.5, 0.6) is 0 Å². The van der Waals surface area contributed by atoms with Crippen molar-refractivity contribution in [1.29, 1.82) is 0 Å². The molecule has 0 fully saturated rings. The molecule has 1 aromatic carbocycles. The fraction of sp³-hybridized carbons (Fsp3) is 0. The highest BCUT2D eigenvalue weighted by molar-refractivity contribution is 5.89. The van der Waals surface area contributed by atoms with E-state index in [1.165, 1.54) is 6.08 Å². The van der Waals surface area contributed by atoms with E-state index in [2.05, 4.69) is 5.16 Å². The maximum atomic E-state index is 10.1. The Morgan fingerprint density at radius 2 is 2.29 bits per heavy atom. The van der Waals surface area contributed by atoms with Gasteiger partial charge in [-0.25, -0.2) is 0 Å². The van der Waals surface area contributed by atoms with Gasteiger partial charge < -0.3 is 10.3 Å². The van der Waals surface area contributed by atoms with Crippen LogP contribution in [0.1, 0.15) is 5.56 Å². The van der Waals surface area contributed by atoms with Gasteiger partial charge in [0.1, 0.15) is 6.29 Å². The Bertz CT molecular complexity index is 500. The van der Waals surface area contributed by atoms with Gasteiger partial charge in [0, 0.05) is 0 Å². The van der Waals surface area contributed by atoms with E-state index in [4.69, 9.17) is 10.3 Å². The molecule has 70 valence electrons. The van der Waals surface area contributed by atoms with Crippen LogP contribution in [-0.2, 0) is 4.79 Å². The third-order valence-electron chi connectivity index (χ3n) is 1.89. The fourth-order valence-electron chi connectivity index (χ4n) is 1.23. The molecule has 2 aromatic rings. The number of rotatable bonds is 2. The van der Waals surface area contributed by atoms with Crippen LogP contribution in [0, 0.1) is 0 Å². The van der Waals surface area contributed by atoms with Gasteiger partial charge in [0.2, 0.25) is 0 Å². The summed E-state index contributed by atoms with van der Waals surface area (Å²) >= 11 is 0. The second kappa shape index (κ2) is 3.33. The molecule has 0 radical (unpaired) electrons. The second-order valence-electron chi connectivity index (χ2n) is 2.82. The van der Waals surface area contributed by atoms with Crippen molar-refractivity contribution < 1.29 is 9.32 Å². The zero-order chi connectivity index (χ0) is 9.97. The summed E-state index contributed by atoms with van der Waals surface area (Å²) < 4.78 is 4.94. The minimum Gasteiger partial charge on any atom is -0.380 e. The van der Waals surface area contributed by atoms with Gasteiger partial charge in [0.15, 0.2) is 11.4 Å². The molecule has 0 bridgehead atoms. The number of nitrogens with two attached hydrogens (primary N) is 1. The minimum absolute atomic E-state index is 0.362. The van der Waals surface area contributed by atoms with Gasteiger partial charge in [-0.15, -0.1) is 0 Å². The molecule has 2 N–H and O–H groups in total. The Hall–Kier alpha value is -2.10. The molecule has 0 atom stereocenters. The van der Waals surface area contributed by atoms with Crippen LogP contribution < -0.4 is 5.73 Å². The van der Waals surface area contributed by atoms with Gasteiger partial charge in [-0.3, -0.25) is 4.79 Å². The molecule has 1 aromatic heterocycles. The third-order valence-corrected chi connectivity index (χ3v) is 1.89. The number of anilines is 1. The lowest BCUT2D eigenvalue weighted by Gasteiger charge is -1.91. The summed E-state index contributed by atoms with van der Waals surface area (Å²) in [5, 5.41) is 4.39. The van der Waals surface area contributed by atoms with Crippen LogP contribution in [0.3, 0.4) is 0 Å². The Balaban J connectivity index is 2.54. The summed E-state index contributed by atoms with van der Waals surface area (Å²) in [6.07, 6.45) is 3.84. The maximum absolute atomic E-state index is 10.1. The van der Waals surface area contributed by atoms with Crippen LogP contribution in [0.15, 0.2) is 28.8 Å². The smallest absolute Gasteiger partial charge is 0.174 e. The van der Waals surface area contributed by atoms with Crippen molar-refractivity contribution >= 4 is 29.1 Å². The number of aromatic nitrogens is 1. The molecule has 4 heteroatoms. The van der Waals surface area contributed by atoms with Crippen LogP contribution in [0.2, 0.25) is 0 Å². The van der Waals surface area contributed by atoms with E-state index >= 15 is 0 Å². The number of allylic oxidation sites excluding steroid dienone is 1. The van der Waals surface area contributed by atoms with Crippen LogP contribution >= 0.6 is 0 Å². The molecule has 0 unspecified atom stereocenters. The van der Waals surface area contributed by atoms with Gasteiger partial charge in [0.05, 0.1) is 5.39 Å². The van der Waals surface area contributed by atoms with Crippen LogP contribution in [-0.4, -0.2) is 11.4 Å². The molecular formula is C10H8N2O2. The Kier molecular flexibility index (Phi) is 2.02. The predicted molar refractivity (Wildman–Crippen MR) is 53.5 cm³/mol. The average Bonchev–Trinajstić information content (AvgIpc) is 2.57. The summed E-state index contributed by atoms with van der Waals surface area (Å²) in [5.74, 6) is 0.362. The lowest BCUT2D eigenvalue weighted by molar-refractivity contribution is -0.104. The molecule has 1 heterocycles. The molecule has 0 saturated heterocycles. The highest BCUT2D eigenvalue weighted by Crippen LogP contribution is 2.21. The van der Waals surface area contributed by atoms with E-state index in [0.29, 0.717) is 11.4 Å². The number of carbonyl (C=O) groups excluding carboxylic acids is 1. The molecule has 2 rings (SSSR count). The standard InChI is InChI=1S/C10H8N2O2/c11-10-8-6-7(2-1-5-13)3-4-9(8)14-12-10/h1-6H,(H2,11,12). The summed E-state index contributed by atoms with van der Waals surface area (Å²) in [6.45, 7) is 0. The first kappa shape index (κ1) is 8.50. The number of aldehydes is 1. The zero-order valence-electron chi connectivity index (χ0n) is 7.31. The van der Waals surface area contributed by atoms with Crippen molar-refractivity contribution in [2.24, 2.45) is 0 Å². The van der Waals surface area contributed by atoms with E-state index < -0.39 is 0 Å². The molecule has 0 aliphatic heterocycles. The lowest BCUT2D eigenvalue weighted by atomic mass is 10.1. The van der Waals surface area contributed by atoms with Gasteiger partial charge in [-0.2, -0.15) is 0 Å². The van der Waals surface area contributed by atoms with Crippen molar-refractivity contribution in [1.82, 2.24) is 5.16 Å². The van der Waals surface area contributed by atoms with Crippen molar-refractivity contribution in [2.75, 3.05) is 5.73 Å². The summed E-state index contributed by atoms with van der Waals surface area (Å²) in [6, 6.07) is 5.41. The molecule has 14 heavy (non-hydrogen) atoms. The first-order valence-electron chi connectivity index (χ1n) is 4.08. The first-order chi connectivity index (χ1) is 6.81. The first-order valence-corrected chi connectivity index (χ1v) is 4.08. The molecule has 0 saturated carbocycles. The largest absolute Gasteiger partial charge is 0.380 e. The number of nitrogens with zero attached hydrogens (tertiary/aromatic N) is 1. The summed E-state index contributed by atoms with van der Waals surface area (Å²) in [4.78, 5) is 10.1. The molecular weight excluding hydrogens is 180 g/mol. The average molecular weight is 188 g/mol. The van der Waals surface area contributed by atoms with Crippen LogP contribution in [0.25, 0.3) is 17.0 Å². The quantitative estimate of drug-likeness (QED) is 0.574. The third kappa shape index (κ3) is 1.37. The van der Waals surface area contributed by atoms with Gasteiger partial charge in [0.25, 0.3) is 0 Å². The monoisotopic (exact) mass is 188 g/mol. The topological polar surface area (TPSA) is 69.1 Å². The van der Waals surface area contributed by atoms with Gasteiger partial charge in [-0.05, 0) is 23.8 Å². The zero-order valence-corrected chi connectivity index (χ0v) is 7.31. The number of fused-ring (bicyclic) bond motifs is 1. The van der Waals surface area contributed by atoms with E-state index in [1.807, 2.05) is 12.1 Å². The van der Waals surface area contributed by atoms with Crippen molar-refractivity contribution in [2.45, 2.75) is 0 Å². The van der Waals surface area contributed by atoms with Crippen molar-refractivity contribution in [3.8, 4) is 0 Å². The fourth-order valence-corrected chi connectivity index (χ4v) is 1.23. The van der Waals surface area contributed by atoms with Gasteiger partial charge in [-0.1, -0.05) is 17.3 Å². The van der Waals surface area contributed by atoms with Crippen molar-refractivity contribution in [3.63, 3.8) is 0 Å². The second-order valence-corrected chi connectivity index (χ2v) is 2.82. The Morgan fingerprint density at radius 3 is 3.07 bits per heavy atom. The lowest BCUT2D eigenvalue weighted by Crippen LogP contribution is -1.83. The highest BCUT2D eigenvalue weighted by atomic mass is 16.5. The normalized spacial score (nSPS) is 11.1. The number of hydrogen-bond acceptors (Lipinski definition) is 4. The van der Waals surface area contributed by atoms with E-state index in [-0.39, 0.29) is 0 Å². The Morgan fingerprint density at radius 1 is 1.43 bits per heavy atom. The summed E-state index contributed by atoms with van der Waals surface area (Å²) in [5.41, 5.74) is 7.11. The number of nitrogen functional groups attached to an aromatic ring is 1. The van der Waals surface area contributed by atoms with E-state index in [0.717, 1.165) is 17.2 Å². The van der Waals surface area contributed by atoms with Crippen LogP contribution in [0.4, 0.5) is 5.82 Å². The van der Waals surface area contributed by atoms with E-state index in [9.17, 15) is 4.79 Å². The Labute approximate surface area is 80.0 Å². The van der Waals surface area contributed by atoms with Crippen molar-refractivity contribution in [3.05, 3.63) is 29.8 Å². The molecule has 4 nitrogen and oxygen atoms in total.